The van der Waals surface area contributed by atoms with Crippen molar-refractivity contribution in [3.63, 3.8) is 0 Å². The molecule has 5 nitrogen and oxygen atoms in total. The minimum absolute atomic E-state index is 0.430. The van der Waals surface area contributed by atoms with E-state index in [0.717, 1.165) is 105 Å². The Morgan fingerprint density at radius 3 is 1.51 bits per heavy atom. The third kappa shape index (κ3) is 6.02. The molecule has 314 valence electrons. The molecule has 0 unspecified atom stereocenters. The highest BCUT2D eigenvalue weighted by atomic mass is 16.5. The highest BCUT2D eigenvalue weighted by Crippen LogP contribution is 2.49. The van der Waals surface area contributed by atoms with Crippen LogP contribution in [0, 0.1) is 22.7 Å². The summed E-state index contributed by atoms with van der Waals surface area (Å²) in [6.07, 6.45) is 0. The standard InChI is InChI=1S/C62H37BN4O/c64-38-47-33-45(41-19-7-2-8-20-41)34-54-62(47)68-58-36-46(42-21-9-3-10-22-42)35-57-59(58)63(54)53-37-51(44-23-11-4-12-24-44)60(67-55-27-15-13-25-49(55)50-26-14-16-28-56(50)67)52(39-65)61(53)66(57)48-31-29-43(30-32-48)40-17-5-1-6-18-40/h1-37H. The number of nitriles is 2. The summed E-state index contributed by atoms with van der Waals surface area (Å²) in [4.78, 5) is 2.29. The second-order valence-corrected chi connectivity index (χ2v) is 17.4. The smallest absolute Gasteiger partial charge is 0.256 e. The summed E-state index contributed by atoms with van der Waals surface area (Å²) in [5.41, 5.74) is 17.2. The van der Waals surface area contributed by atoms with Crippen LogP contribution in [0.2, 0.25) is 0 Å². The first kappa shape index (κ1) is 39.0. The van der Waals surface area contributed by atoms with Crippen LogP contribution >= 0.6 is 0 Å². The Bertz CT molecular complexity index is 3840. The lowest BCUT2D eigenvalue weighted by molar-refractivity contribution is 0.486. The minimum Gasteiger partial charge on any atom is -0.457 e. The maximum absolute atomic E-state index is 12.2. The van der Waals surface area contributed by atoms with E-state index in [4.69, 9.17) is 4.74 Å². The Morgan fingerprint density at radius 2 is 0.941 bits per heavy atom. The lowest BCUT2D eigenvalue weighted by Gasteiger charge is -2.42. The quantitative estimate of drug-likeness (QED) is 0.156. The number of anilines is 3. The number of nitrogens with zero attached hydrogens (tertiary/aromatic N) is 4. The molecule has 0 bridgehead atoms. The molecule has 0 N–H and O–H groups in total. The van der Waals surface area contributed by atoms with Crippen LogP contribution in [0.15, 0.2) is 224 Å². The molecule has 0 saturated carbocycles. The predicted molar refractivity (Wildman–Crippen MR) is 278 cm³/mol. The number of hydrogen-bond acceptors (Lipinski definition) is 4. The number of rotatable bonds is 6. The molecule has 2 aliphatic heterocycles. The minimum atomic E-state index is -0.430. The van der Waals surface area contributed by atoms with E-state index in [1.807, 2.05) is 54.6 Å². The second-order valence-electron chi connectivity index (χ2n) is 17.4. The highest BCUT2D eigenvalue weighted by molar-refractivity contribution is 6.99. The Hall–Kier alpha value is -9.36. The lowest BCUT2D eigenvalue weighted by Crippen LogP contribution is -2.60. The molecule has 10 aromatic carbocycles. The Balaban J connectivity index is 1.20. The summed E-state index contributed by atoms with van der Waals surface area (Å²) in [7, 11) is 0. The average Bonchev–Trinajstić information content (AvgIpc) is 3.75. The molecule has 0 aliphatic carbocycles. The molecule has 0 saturated heterocycles. The van der Waals surface area contributed by atoms with Gasteiger partial charge in [0.05, 0.1) is 28.0 Å². The SMILES string of the molecule is N#Cc1cc(-c2ccccc2)cc2c1Oc1cc(-c3ccccc3)cc3c1B2c1cc(-c2ccccc2)c(-n2c4ccccc4c4ccccc42)c(C#N)c1N3c1ccc(-c2ccccc2)cc1. The van der Waals surface area contributed by atoms with E-state index in [9.17, 15) is 10.5 Å². The van der Waals surface area contributed by atoms with Crippen LogP contribution in [0.1, 0.15) is 11.1 Å². The molecule has 68 heavy (non-hydrogen) atoms. The molecule has 0 radical (unpaired) electrons. The van der Waals surface area contributed by atoms with E-state index >= 15 is 0 Å². The zero-order valence-electron chi connectivity index (χ0n) is 36.6. The van der Waals surface area contributed by atoms with Crippen LogP contribution in [-0.4, -0.2) is 11.3 Å². The summed E-state index contributed by atoms with van der Waals surface area (Å²) < 4.78 is 9.40. The van der Waals surface area contributed by atoms with E-state index in [2.05, 4.69) is 191 Å². The monoisotopic (exact) mass is 864 g/mol. The third-order valence-electron chi connectivity index (χ3n) is 13.7. The van der Waals surface area contributed by atoms with Crippen molar-refractivity contribution in [3.05, 3.63) is 236 Å². The fourth-order valence-corrected chi connectivity index (χ4v) is 10.7. The van der Waals surface area contributed by atoms with Gasteiger partial charge in [-0.2, -0.15) is 10.5 Å². The Labute approximate surface area is 394 Å². The van der Waals surface area contributed by atoms with Gasteiger partial charge in [-0.25, -0.2) is 0 Å². The first-order chi connectivity index (χ1) is 33.7. The molecule has 0 spiro atoms. The van der Waals surface area contributed by atoms with Gasteiger partial charge in [0.1, 0.15) is 29.2 Å². The van der Waals surface area contributed by atoms with Crippen LogP contribution in [0.4, 0.5) is 17.1 Å². The third-order valence-corrected chi connectivity index (χ3v) is 13.7. The van der Waals surface area contributed by atoms with E-state index in [-0.39, 0.29) is 0 Å². The molecule has 3 heterocycles. The summed E-state index contributed by atoms with van der Waals surface area (Å²) in [6, 6.07) is 83.2. The largest absolute Gasteiger partial charge is 0.457 e. The van der Waals surface area contributed by atoms with Gasteiger partial charge in [0.15, 0.2) is 0 Å². The van der Waals surface area contributed by atoms with Crippen molar-refractivity contribution >= 4 is 62.0 Å². The summed E-state index contributed by atoms with van der Waals surface area (Å²) >= 11 is 0. The van der Waals surface area contributed by atoms with Crippen LogP contribution in [-0.2, 0) is 0 Å². The number of aromatic nitrogens is 1. The summed E-state index contributed by atoms with van der Waals surface area (Å²) in [6.45, 7) is -0.430. The van der Waals surface area contributed by atoms with Crippen LogP contribution in [0.3, 0.4) is 0 Å². The fourth-order valence-electron chi connectivity index (χ4n) is 10.7. The van der Waals surface area contributed by atoms with E-state index in [1.54, 1.807) is 0 Å². The van der Waals surface area contributed by atoms with Gasteiger partial charge in [-0.05, 0) is 97.8 Å². The van der Waals surface area contributed by atoms with Gasteiger partial charge in [0.25, 0.3) is 6.71 Å². The average molecular weight is 865 g/mol. The number of fused-ring (bicyclic) bond motifs is 7. The summed E-state index contributed by atoms with van der Waals surface area (Å²) in [5.74, 6) is 1.20. The molecular formula is C62H37BN4O. The molecular weight excluding hydrogens is 828 g/mol. The Morgan fingerprint density at radius 1 is 0.426 bits per heavy atom. The van der Waals surface area contributed by atoms with Crippen molar-refractivity contribution in [2.75, 3.05) is 4.90 Å². The topological polar surface area (TPSA) is 65.0 Å². The van der Waals surface area contributed by atoms with Crippen molar-refractivity contribution in [1.29, 1.82) is 10.5 Å². The molecule has 13 rings (SSSR count). The zero-order valence-corrected chi connectivity index (χ0v) is 36.6. The number of hydrogen-bond donors (Lipinski definition) is 0. The fraction of sp³-hybridized carbons (Fsp3) is 0. The van der Waals surface area contributed by atoms with Gasteiger partial charge < -0.3 is 14.2 Å². The maximum Gasteiger partial charge on any atom is 0.256 e. The van der Waals surface area contributed by atoms with Crippen molar-refractivity contribution in [2.45, 2.75) is 0 Å². The lowest BCUT2D eigenvalue weighted by atomic mass is 9.33. The normalized spacial score (nSPS) is 12.1. The van der Waals surface area contributed by atoms with E-state index < -0.39 is 6.71 Å². The zero-order chi connectivity index (χ0) is 45.3. The van der Waals surface area contributed by atoms with E-state index in [0.29, 0.717) is 22.6 Å². The van der Waals surface area contributed by atoms with Gasteiger partial charge >= 0.3 is 0 Å². The molecule has 1 aromatic heterocycles. The number of benzene rings is 10. The van der Waals surface area contributed by atoms with Crippen molar-refractivity contribution < 1.29 is 4.74 Å². The van der Waals surface area contributed by atoms with E-state index in [1.165, 1.54) is 0 Å². The van der Waals surface area contributed by atoms with Crippen molar-refractivity contribution in [2.24, 2.45) is 0 Å². The first-order valence-electron chi connectivity index (χ1n) is 22.8. The molecule has 2 aliphatic rings. The van der Waals surface area contributed by atoms with Gasteiger partial charge in [0, 0.05) is 27.7 Å². The molecule has 0 amide bonds. The number of para-hydroxylation sites is 2. The van der Waals surface area contributed by atoms with Crippen LogP contribution in [0.5, 0.6) is 11.5 Å². The Kier molecular flexibility index (Phi) is 9.00. The first-order valence-corrected chi connectivity index (χ1v) is 22.8. The molecule has 11 aromatic rings. The summed E-state index contributed by atoms with van der Waals surface area (Å²) in [5, 5.41) is 25.4. The molecule has 0 atom stereocenters. The molecule has 0 fully saturated rings. The second kappa shape index (κ2) is 15.7. The van der Waals surface area contributed by atoms with Crippen LogP contribution < -0.4 is 26.0 Å². The van der Waals surface area contributed by atoms with Crippen molar-refractivity contribution in [3.8, 4) is 73.8 Å². The van der Waals surface area contributed by atoms with Gasteiger partial charge in [-0.1, -0.05) is 182 Å². The number of ether oxygens (including phenoxy) is 1. The highest BCUT2D eigenvalue weighted by Gasteiger charge is 2.45. The van der Waals surface area contributed by atoms with Gasteiger partial charge in [-0.3, -0.25) is 0 Å². The molecule has 6 heteroatoms. The maximum atomic E-state index is 12.2. The van der Waals surface area contributed by atoms with Gasteiger partial charge in [0.2, 0.25) is 0 Å². The van der Waals surface area contributed by atoms with Gasteiger partial charge in [-0.15, -0.1) is 0 Å². The predicted octanol–water partition coefficient (Wildman–Crippen LogP) is 13.6. The van der Waals surface area contributed by atoms with Crippen LogP contribution in [0.25, 0.3) is 72.0 Å². The van der Waals surface area contributed by atoms with Crippen molar-refractivity contribution in [1.82, 2.24) is 4.57 Å².